The van der Waals surface area contributed by atoms with Gasteiger partial charge in [-0.2, -0.15) is 0 Å². The molecule has 0 aliphatic carbocycles. The van der Waals surface area contributed by atoms with E-state index in [1.54, 1.807) is 0 Å². The first-order valence-electron chi connectivity index (χ1n) is 6.07. The van der Waals surface area contributed by atoms with Gasteiger partial charge >= 0.3 is 0 Å². The van der Waals surface area contributed by atoms with Crippen molar-refractivity contribution in [2.75, 3.05) is 7.05 Å². The predicted molar refractivity (Wildman–Crippen MR) is 78.4 cm³/mol. The Kier molecular flexibility index (Phi) is 22.0. The molecule has 0 amide bonds. The normalized spacial score (nSPS) is 7.31. The molecule has 0 heterocycles. The minimum Gasteiger partial charge on any atom is -0.333 e. The molecule has 2 N–H and O–H groups in total. The molecule has 0 saturated carbocycles. The summed E-state index contributed by atoms with van der Waals surface area (Å²) >= 11 is 5.80. The SMILES string of the molecule is CC.CC.CCc1cc(Cl)ccc1C.CN. The van der Waals surface area contributed by atoms with Crippen molar-refractivity contribution in [3.05, 3.63) is 34.3 Å². The van der Waals surface area contributed by atoms with Gasteiger partial charge < -0.3 is 5.73 Å². The van der Waals surface area contributed by atoms with Gasteiger partial charge in [-0.05, 0) is 43.7 Å². The molecule has 0 bridgehead atoms. The van der Waals surface area contributed by atoms with E-state index in [9.17, 15) is 0 Å². The molecule has 1 rings (SSSR count). The molecule has 16 heavy (non-hydrogen) atoms. The van der Waals surface area contributed by atoms with Gasteiger partial charge in [0.05, 0.1) is 0 Å². The summed E-state index contributed by atoms with van der Waals surface area (Å²) in [5.74, 6) is 0. The lowest BCUT2D eigenvalue weighted by Crippen LogP contribution is -1.84. The highest BCUT2D eigenvalue weighted by molar-refractivity contribution is 6.30. The van der Waals surface area contributed by atoms with Crippen molar-refractivity contribution in [3.8, 4) is 0 Å². The fourth-order valence-corrected chi connectivity index (χ4v) is 1.22. The van der Waals surface area contributed by atoms with E-state index in [2.05, 4.69) is 25.6 Å². The second-order valence-corrected chi connectivity index (χ2v) is 2.86. The van der Waals surface area contributed by atoms with Gasteiger partial charge in [-0.15, -0.1) is 0 Å². The highest BCUT2D eigenvalue weighted by Gasteiger charge is 1.94. The third-order valence-electron chi connectivity index (χ3n) is 1.69. The number of nitrogens with two attached hydrogens (primary N) is 1. The van der Waals surface area contributed by atoms with E-state index in [-0.39, 0.29) is 0 Å². The fraction of sp³-hybridized carbons (Fsp3) is 0.571. The van der Waals surface area contributed by atoms with E-state index in [4.69, 9.17) is 11.6 Å². The van der Waals surface area contributed by atoms with Crippen LogP contribution in [-0.4, -0.2) is 7.05 Å². The van der Waals surface area contributed by atoms with Crippen molar-refractivity contribution >= 4 is 11.6 Å². The molecule has 0 fully saturated rings. The summed E-state index contributed by atoms with van der Waals surface area (Å²) in [7, 11) is 1.50. The van der Waals surface area contributed by atoms with Crippen LogP contribution in [0.4, 0.5) is 0 Å². The quantitative estimate of drug-likeness (QED) is 0.753. The molecule has 1 nitrogen and oxygen atoms in total. The smallest absolute Gasteiger partial charge is 0.0408 e. The Morgan fingerprint density at radius 3 is 1.81 bits per heavy atom. The zero-order chi connectivity index (χ0) is 13.6. The maximum atomic E-state index is 5.80. The lowest BCUT2D eigenvalue weighted by molar-refractivity contribution is 1.11. The largest absolute Gasteiger partial charge is 0.333 e. The number of benzene rings is 1. The Bertz CT molecular complexity index is 234. The molecule has 0 aliphatic rings. The predicted octanol–water partition coefficient (Wildman–Crippen LogP) is 4.84. The Balaban J connectivity index is -0.000000245. The zero-order valence-electron chi connectivity index (χ0n) is 11.9. The molecule has 0 radical (unpaired) electrons. The van der Waals surface area contributed by atoms with Gasteiger partial charge in [0, 0.05) is 5.02 Å². The van der Waals surface area contributed by atoms with E-state index < -0.39 is 0 Å². The number of rotatable bonds is 1. The molecule has 1 aromatic carbocycles. The summed E-state index contributed by atoms with van der Waals surface area (Å²) in [5.41, 5.74) is 7.17. The number of halogens is 1. The van der Waals surface area contributed by atoms with E-state index in [0.29, 0.717) is 0 Å². The van der Waals surface area contributed by atoms with Crippen LogP contribution in [0.25, 0.3) is 0 Å². The minimum absolute atomic E-state index is 0.836. The van der Waals surface area contributed by atoms with Crippen molar-refractivity contribution in [1.82, 2.24) is 0 Å². The van der Waals surface area contributed by atoms with Crippen LogP contribution in [0.3, 0.4) is 0 Å². The molecular weight excluding hydrogens is 218 g/mol. The van der Waals surface area contributed by atoms with Crippen LogP contribution in [0.5, 0.6) is 0 Å². The summed E-state index contributed by atoms with van der Waals surface area (Å²) in [6.45, 7) is 12.2. The van der Waals surface area contributed by atoms with Crippen molar-refractivity contribution in [3.63, 3.8) is 0 Å². The second kappa shape index (κ2) is 16.9. The van der Waals surface area contributed by atoms with Crippen LogP contribution in [0.2, 0.25) is 5.02 Å². The summed E-state index contributed by atoms with van der Waals surface area (Å²) in [6.07, 6.45) is 1.06. The fourth-order valence-electron chi connectivity index (χ4n) is 1.02. The molecule has 0 atom stereocenters. The monoisotopic (exact) mass is 245 g/mol. The summed E-state index contributed by atoms with van der Waals surface area (Å²) < 4.78 is 0. The van der Waals surface area contributed by atoms with Crippen LogP contribution in [0.1, 0.15) is 45.7 Å². The molecular formula is C14H28ClN. The third kappa shape index (κ3) is 10.0. The molecule has 96 valence electrons. The molecule has 0 saturated heterocycles. The first-order chi connectivity index (χ1) is 7.74. The lowest BCUT2D eigenvalue weighted by Gasteiger charge is -2.01. The number of hydrogen-bond acceptors (Lipinski definition) is 1. The zero-order valence-corrected chi connectivity index (χ0v) is 12.7. The maximum Gasteiger partial charge on any atom is 0.0408 e. The first-order valence-corrected chi connectivity index (χ1v) is 6.44. The topological polar surface area (TPSA) is 26.0 Å². The second-order valence-electron chi connectivity index (χ2n) is 2.42. The Hall–Kier alpha value is -0.530. The molecule has 0 aromatic heterocycles. The molecule has 0 spiro atoms. The first kappa shape index (κ1) is 20.8. The average molecular weight is 246 g/mol. The molecule has 0 unspecified atom stereocenters. The highest BCUT2D eigenvalue weighted by Crippen LogP contribution is 2.15. The van der Waals surface area contributed by atoms with Crippen LogP contribution >= 0.6 is 11.6 Å². The van der Waals surface area contributed by atoms with Crippen LogP contribution in [0.15, 0.2) is 18.2 Å². The van der Waals surface area contributed by atoms with E-state index >= 15 is 0 Å². The van der Waals surface area contributed by atoms with Crippen LogP contribution in [-0.2, 0) is 6.42 Å². The molecule has 2 heteroatoms. The van der Waals surface area contributed by atoms with Gasteiger partial charge in [-0.3, -0.25) is 0 Å². The Labute approximate surface area is 107 Å². The van der Waals surface area contributed by atoms with Crippen molar-refractivity contribution in [2.24, 2.45) is 5.73 Å². The van der Waals surface area contributed by atoms with Gasteiger partial charge in [-0.25, -0.2) is 0 Å². The van der Waals surface area contributed by atoms with Gasteiger partial charge in [0.1, 0.15) is 0 Å². The molecule has 1 aromatic rings. The Morgan fingerprint density at radius 1 is 1.06 bits per heavy atom. The van der Waals surface area contributed by atoms with Crippen molar-refractivity contribution < 1.29 is 0 Å². The number of hydrogen-bond donors (Lipinski definition) is 1. The van der Waals surface area contributed by atoms with Gasteiger partial charge in [-0.1, -0.05) is 52.3 Å². The van der Waals surface area contributed by atoms with E-state index in [1.807, 2.05) is 39.8 Å². The van der Waals surface area contributed by atoms with E-state index in [1.165, 1.54) is 18.2 Å². The van der Waals surface area contributed by atoms with Crippen molar-refractivity contribution in [1.29, 1.82) is 0 Å². The lowest BCUT2D eigenvalue weighted by atomic mass is 10.1. The average Bonchev–Trinajstić information content (AvgIpc) is 2.39. The van der Waals surface area contributed by atoms with Crippen molar-refractivity contribution in [2.45, 2.75) is 48.0 Å². The minimum atomic E-state index is 0.836. The Morgan fingerprint density at radius 2 is 1.50 bits per heavy atom. The summed E-state index contributed by atoms with van der Waals surface area (Å²) in [4.78, 5) is 0. The van der Waals surface area contributed by atoms with Gasteiger partial charge in [0.25, 0.3) is 0 Å². The third-order valence-corrected chi connectivity index (χ3v) is 1.93. The standard InChI is InChI=1S/C9H11Cl.2C2H6.CH5N/c1-3-8-6-9(10)5-4-7(8)2;3*1-2/h4-6H,3H2,1-2H3;2*1-2H3;2H2,1H3. The maximum absolute atomic E-state index is 5.80. The van der Waals surface area contributed by atoms with Gasteiger partial charge in [0.2, 0.25) is 0 Å². The van der Waals surface area contributed by atoms with Crippen LogP contribution < -0.4 is 5.73 Å². The number of aryl methyl sites for hydroxylation is 2. The van der Waals surface area contributed by atoms with E-state index in [0.717, 1.165) is 11.4 Å². The van der Waals surface area contributed by atoms with Crippen LogP contribution in [0, 0.1) is 6.92 Å². The molecule has 0 aliphatic heterocycles. The summed E-state index contributed by atoms with van der Waals surface area (Å²) in [5, 5.41) is 0.836. The highest BCUT2D eigenvalue weighted by atomic mass is 35.5. The van der Waals surface area contributed by atoms with Gasteiger partial charge in [0.15, 0.2) is 0 Å². The summed E-state index contributed by atoms with van der Waals surface area (Å²) in [6, 6.07) is 6.01.